The van der Waals surface area contributed by atoms with E-state index in [1.54, 1.807) is 6.07 Å². The summed E-state index contributed by atoms with van der Waals surface area (Å²) in [6.07, 6.45) is 0. The second kappa shape index (κ2) is 6.55. The Kier molecular flexibility index (Phi) is 4.77. The van der Waals surface area contributed by atoms with Crippen molar-refractivity contribution in [3.63, 3.8) is 0 Å². The van der Waals surface area contributed by atoms with Crippen molar-refractivity contribution in [1.82, 2.24) is 10.2 Å². The molecule has 0 bridgehead atoms. The van der Waals surface area contributed by atoms with Crippen molar-refractivity contribution in [3.05, 3.63) is 42.0 Å². The summed E-state index contributed by atoms with van der Waals surface area (Å²) in [6, 6.07) is 11.9. The van der Waals surface area contributed by atoms with Crippen LogP contribution in [0, 0.1) is 0 Å². The predicted octanol–water partition coefficient (Wildman–Crippen LogP) is 2.59. The van der Waals surface area contributed by atoms with Crippen molar-refractivity contribution in [2.45, 2.75) is 13.5 Å². The van der Waals surface area contributed by atoms with Crippen LogP contribution in [0.25, 0.3) is 10.8 Å². The van der Waals surface area contributed by atoms with E-state index in [4.69, 9.17) is 0 Å². The van der Waals surface area contributed by atoms with Crippen molar-refractivity contribution in [2.24, 2.45) is 0 Å². The minimum atomic E-state index is 0.370. The summed E-state index contributed by atoms with van der Waals surface area (Å²) >= 11 is 0. The van der Waals surface area contributed by atoms with Gasteiger partial charge in [-0.3, -0.25) is 0 Å². The van der Waals surface area contributed by atoms with Crippen molar-refractivity contribution < 1.29 is 5.11 Å². The highest BCUT2D eigenvalue weighted by Gasteiger charge is 2.06. The number of phenols is 1. The summed E-state index contributed by atoms with van der Waals surface area (Å²) in [6.45, 7) is 5.84. The number of likely N-dealkylation sites (N-methyl/N-ethyl adjacent to an activating group) is 1. The molecule has 0 fully saturated rings. The summed E-state index contributed by atoms with van der Waals surface area (Å²) in [5, 5.41) is 15.7. The van der Waals surface area contributed by atoms with Gasteiger partial charge >= 0.3 is 0 Å². The Bertz CT molecular complexity index is 539. The molecule has 0 unspecified atom stereocenters. The number of nitrogens with one attached hydrogen (secondary N) is 1. The molecule has 2 N–H and O–H groups in total. The number of benzene rings is 2. The molecule has 0 radical (unpaired) electrons. The third-order valence-corrected chi connectivity index (χ3v) is 3.53. The summed E-state index contributed by atoms with van der Waals surface area (Å²) < 4.78 is 0. The van der Waals surface area contributed by atoms with Gasteiger partial charge < -0.3 is 15.3 Å². The fraction of sp³-hybridized carbons (Fsp3) is 0.375. The van der Waals surface area contributed by atoms with Crippen LogP contribution in [0.5, 0.6) is 5.75 Å². The Morgan fingerprint density at radius 3 is 2.74 bits per heavy atom. The highest BCUT2D eigenvalue weighted by Crippen LogP contribution is 2.26. The molecule has 0 saturated heterocycles. The van der Waals surface area contributed by atoms with Gasteiger partial charge in [-0.15, -0.1) is 0 Å². The monoisotopic (exact) mass is 258 g/mol. The van der Waals surface area contributed by atoms with Crippen LogP contribution in [0.2, 0.25) is 0 Å². The van der Waals surface area contributed by atoms with Gasteiger partial charge in [0.15, 0.2) is 0 Å². The van der Waals surface area contributed by atoms with Crippen molar-refractivity contribution in [1.29, 1.82) is 0 Å². The summed E-state index contributed by atoms with van der Waals surface area (Å²) in [5.74, 6) is 0.370. The van der Waals surface area contributed by atoms with Crippen LogP contribution in [0.3, 0.4) is 0 Å². The molecule has 0 spiro atoms. The molecule has 0 aliphatic heterocycles. The number of nitrogens with zero attached hydrogens (tertiary/aromatic N) is 1. The molecule has 0 aliphatic rings. The number of fused-ring (bicyclic) bond motifs is 1. The van der Waals surface area contributed by atoms with Crippen LogP contribution in [0.1, 0.15) is 12.5 Å². The second-order valence-electron chi connectivity index (χ2n) is 4.86. The molecule has 0 heterocycles. The van der Waals surface area contributed by atoms with E-state index in [0.29, 0.717) is 12.3 Å². The van der Waals surface area contributed by atoms with Crippen LogP contribution in [-0.2, 0) is 6.54 Å². The average Bonchev–Trinajstić information content (AvgIpc) is 2.45. The summed E-state index contributed by atoms with van der Waals surface area (Å²) in [5.41, 5.74) is 0.984. The van der Waals surface area contributed by atoms with Gasteiger partial charge in [-0.1, -0.05) is 37.3 Å². The highest BCUT2D eigenvalue weighted by atomic mass is 16.3. The first-order valence-electron chi connectivity index (χ1n) is 6.81. The predicted molar refractivity (Wildman–Crippen MR) is 80.5 cm³/mol. The van der Waals surface area contributed by atoms with Gasteiger partial charge in [-0.25, -0.2) is 0 Å². The number of aromatic hydroxyl groups is 1. The Morgan fingerprint density at radius 2 is 1.95 bits per heavy atom. The lowest BCUT2D eigenvalue weighted by molar-refractivity contribution is 0.348. The number of hydrogen-bond donors (Lipinski definition) is 2. The SMILES string of the molecule is CCN(C)CCNCc1c(O)ccc2ccccc12. The molecule has 3 heteroatoms. The minimum Gasteiger partial charge on any atom is -0.508 e. The molecule has 0 atom stereocenters. The molecular formula is C16H22N2O. The zero-order valence-electron chi connectivity index (χ0n) is 11.7. The van der Waals surface area contributed by atoms with Crippen LogP contribution in [0.4, 0.5) is 0 Å². The van der Waals surface area contributed by atoms with Gasteiger partial charge in [-0.05, 0) is 30.4 Å². The molecule has 0 saturated carbocycles. The average molecular weight is 258 g/mol. The maximum absolute atomic E-state index is 10.0. The van der Waals surface area contributed by atoms with Gasteiger partial charge in [0, 0.05) is 25.2 Å². The molecule has 0 amide bonds. The maximum Gasteiger partial charge on any atom is 0.120 e. The van der Waals surface area contributed by atoms with E-state index in [9.17, 15) is 5.11 Å². The number of rotatable bonds is 6. The first-order chi connectivity index (χ1) is 9.22. The quantitative estimate of drug-likeness (QED) is 0.782. The second-order valence-corrected chi connectivity index (χ2v) is 4.86. The number of hydrogen-bond acceptors (Lipinski definition) is 3. The van der Waals surface area contributed by atoms with Gasteiger partial charge in [0.05, 0.1) is 0 Å². The maximum atomic E-state index is 10.0. The van der Waals surface area contributed by atoms with Gasteiger partial charge in [0.2, 0.25) is 0 Å². The lowest BCUT2D eigenvalue weighted by atomic mass is 10.0. The summed E-state index contributed by atoms with van der Waals surface area (Å²) in [4.78, 5) is 2.26. The molecule has 102 valence electrons. The molecular weight excluding hydrogens is 236 g/mol. The lowest BCUT2D eigenvalue weighted by Crippen LogP contribution is -2.28. The van der Waals surface area contributed by atoms with E-state index in [1.165, 1.54) is 5.39 Å². The van der Waals surface area contributed by atoms with E-state index >= 15 is 0 Å². The lowest BCUT2D eigenvalue weighted by Gasteiger charge is -2.15. The molecule has 19 heavy (non-hydrogen) atoms. The first kappa shape index (κ1) is 13.8. The minimum absolute atomic E-state index is 0.370. The van der Waals surface area contributed by atoms with E-state index in [-0.39, 0.29) is 0 Å². The van der Waals surface area contributed by atoms with Crippen LogP contribution < -0.4 is 5.32 Å². The Labute approximate surface area is 114 Å². The van der Waals surface area contributed by atoms with Crippen molar-refractivity contribution in [3.8, 4) is 5.75 Å². The molecule has 2 rings (SSSR count). The van der Waals surface area contributed by atoms with Gasteiger partial charge in [0.1, 0.15) is 5.75 Å². The fourth-order valence-corrected chi connectivity index (χ4v) is 2.15. The smallest absolute Gasteiger partial charge is 0.120 e. The molecule has 0 aliphatic carbocycles. The normalized spacial score (nSPS) is 11.3. The first-order valence-corrected chi connectivity index (χ1v) is 6.81. The Hall–Kier alpha value is -1.58. The fourth-order valence-electron chi connectivity index (χ4n) is 2.15. The van der Waals surface area contributed by atoms with E-state index in [0.717, 1.165) is 30.6 Å². The topological polar surface area (TPSA) is 35.5 Å². The van der Waals surface area contributed by atoms with E-state index in [2.05, 4.69) is 36.3 Å². The zero-order valence-corrected chi connectivity index (χ0v) is 11.7. The van der Waals surface area contributed by atoms with E-state index in [1.807, 2.05) is 18.2 Å². The standard InChI is InChI=1S/C16H22N2O/c1-3-18(2)11-10-17-12-15-14-7-5-4-6-13(14)8-9-16(15)19/h4-9,17,19H,3,10-12H2,1-2H3. The van der Waals surface area contributed by atoms with E-state index < -0.39 is 0 Å². The van der Waals surface area contributed by atoms with Crippen LogP contribution in [0.15, 0.2) is 36.4 Å². The van der Waals surface area contributed by atoms with Crippen molar-refractivity contribution in [2.75, 3.05) is 26.7 Å². The largest absolute Gasteiger partial charge is 0.508 e. The molecule has 2 aromatic rings. The Morgan fingerprint density at radius 1 is 1.16 bits per heavy atom. The van der Waals surface area contributed by atoms with Crippen molar-refractivity contribution >= 4 is 10.8 Å². The Balaban J connectivity index is 2.05. The zero-order chi connectivity index (χ0) is 13.7. The van der Waals surface area contributed by atoms with Gasteiger partial charge in [0.25, 0.3) is 0 Å². The third-order valence-electron chi connectivity index (χ3n) is 3.53. The molecule has 0 aromatic heterocycles. The summed E-state index contributed by atoms with van der Waals surface area (Å²) in [7, 11) is 2.11. The van der Waals surface area contributed by atoms with Gasteiger partial charge in [-0.2, -0.15) is 0 Å². The number of phenolic OH excluding ortho intramolecular Hbond substituents is 1. The molecule has 2 aromatic carbocycles. The molecule has 3 nitrogen and oxygen atoms in total. The van der Waals surface area contributed by atoms with Crippen LogP contribution in [-0.4, -0.2) is 36.7 Å². The highest BCUT2D eigenvalue weighted by molar-refractivity contribution is 5.87. The third kappa shape index (κ3) is 3.46. The van der Waals surface area contributed by atoms with Crippen LogP contribution >= 0.6 is 0 Å².